The number of carbonyl (C=O) groups is 1. The maximum Gasteiger partial charge on any atom is 0.225 e. The van der Waals surface area contributed by atoms with E-state index in [-0.39, 0.29) is 11.3 Å². The monoisotopic (exact) mass is 329 g/mol. The summed E-state index contributed by atoms with van der Waals surface area (Å²) in [6, 6.07) is 7.70. The van der Waals surface area contributed by atoms with E-state index in [1.165, 1.54) is 0 Å². The maximum absolute atomic E-state index is 12.4. The van der Waals surface area contributed by atoms with Gasteiger partial charge in [0.25, 0.3) is 0 Å². The van der Waals surface area contributed by atoms with Gasteiger partial charge in [-0.3, -0.25) is 9.89 Å². The Morgan fingerprint density at radius 1 is 1.29 bits per heavy atom. The molecule has 1 heterocycles. The molecular weight excluding hydrogens is 302 g/mol. The van der Waals surface area contributed by atoms with Gasteiger partial charge in [-0.25, -0.2) is 0 Å². The minimum Gasteiger partial charge on any atom is -0.496 e. The van der Waals surface area contributed by atoms with Crippen molar-refractivity contribution >= 4 is 11.6 Å². The summed E-state index contributed by atoms with van der Waals surface area (Å²) in [4.78, 5) is 12.4. The van der Waals surface area contributed by atoms with Crippen molar-refractivity contribution in [3.63, 3.8) is 0 Å². The summed E-state index contributed by atoms with van der Waals surface area (Å²) in [5.74, 6) is 0.732. The molecule has 2 aromatic rings. The highest BCUT2D eigenvalue weighted by Crippen LogP contribution is 2.35. The molecule has 0 unspecified atom stereocenters. The number of ether oxygens (including phenoxy) is 1. The zero-order chi connectivity index (χ0) is 17.7. The van der Waals surface area contributed by atoms with Crippen molar-refractivity contribution in [2.45, 2.75) is 47.0 Å². The van der Waals surface area contributed by atoms with Crippen LogP contribution in [0.25, 0.3) is 11.3 Å². The van der Waals surface area contributed by atoms with Gasteiger partial charge in [0.15, 0.2) is 0 Å². The van der Waals surface area contributed by atoms with Gasteiger partial charge in [-0.05, 0) is 24.0 Å². The molecule has 0 aliphatic rings. The van der Waals surface area contributed by atoms with E-state index in [0.717, 1.165) is 41.2 Å². The minimum atomic E-state index is -0.0661. The first-order chi connectivity index (χ1) is 11.4. The average Bonchev–Trinajstić information content (AvgIpc) is 2.88. The van der Waals surface area contributed by atoms with E-state index in [2.05, 4.69) is 43.2 Å². The van der Waals surface area contributed by atoms with Crippen LogP contribution >= 0.6 is 0 Å². The molecule has 0 fully saturated rings. The number of nitrogens with one attached hydrogen (secondary N) is 2. The largest absolute Gasteiger partial charge is 0.496 e. The molecule has 5 nitrogen and oxygen atoms in total. The standard InChI is InChI=1S/C19H27N3O2/c1-6-9-14-18(20-16(23)12-19(2,3)4)17(22-21-14)13-10-7-8-11-15(13)24-5/h7-8,10-11H,6,9,12H2,1-5H3,(H,20,23)(H,21,22). The first-order valence-corrected chi connectivity index (χ1v) is 8.36. The van der Waals surface area contributed by atoms with Gasteiger partial charge < -0.3 is 10.1 Å². The number of carbonyl (C=O) groups excluding carboxylic acids is 1. The number of methoxy groups -OCH3 is 1. The van der Waals surface area contributed by atoms with Crippen molar-refractivity contribution in [2.75, 3.05) is 12.4 Å². The molecule has 2 rings (SSSR count). The van der Waals surface area contributed by atoms with E-state index in [1.807, 2.05) is 24.3 Å². The average molecular weight is 329 g/mol. The lowest BCUT2D eigenvalue weighted by Gasteiger charge is -2.18. The number of aryl methyl sites for hydroxylation is 1. The Morgan fingerprint density at radius 3 is 2.62 bits per heavy atom. The molecule has 2 N–H and O–H groups in total. The second-order valence-corrected chi connectivity index (χ2v) is 7.16. The zero-order valence-electron chi connectivity index (χ0n) is 15.2. The topological polar surface area (TPSA) is 67.0 Å². The summed E-state index contributed by atoms with van der Waals surface area (Å²) in [5.41, 5.74) is 3.22. The highest BCUT2D eigenvalue weighted by atomic mass is 16.5. The van der Waals surface area contributed by atoms with Gasteiger partial charge in [0.05, 0.1) is 18.5 Å². The molecule has 0 saturated carbocycles. The number of para-hydroxylation sites is 1. The highest BCUT2D eigenvalue weighted by molar-refractivity contribution is 5.96. The second kappa shape index (κ2) is 7.51. The Balaban J connectivity index is 2.41. The third-order valence-electron chi connectivity index (χ3n) is 3.66. The van der Waals surface area contributed by atoms with Gasteiger partial charge in [0.2, 0.25) is 5.91 Å². The van der Waals surface area contributed by atoms with E-state index < -0.39 is 0 Å². The Labute approximate surface area is 143 Å². The molecule has 0 spiro atoms. The number of benzene rings is 1. The quantitative estimate of drug-likeness (QED) is 0.825. The van der Waals surface area contributed by atoms with Gasteiger partial charge in [-0.1, -0.05) is 46.2 Å². The highest BCUT2D eigenvalue weighted by Gasteiger charge is 2.22. The Hall–Kier alpha value is -2.30. The van der Waals surface area contributed by atoms with Crippen molar-refractivity contribution in [3.05, 3.63) is 30.0 Å². The number of aromatic amines is 1. The smallest absolute Gasteiger partial charge is 0.225 e. The van der Waals surface area contributed by atoms with E-state index in [1.54, 1.807) is 7.11 Å². The summed E-state index contributed by atoms with van der Waals surface area (Å²) in [5, 5.41) is 10.6. The van der Waals surface area contributed by atoms with E-state index in [0.29, 0.717) is 6.42 Å². The molecule has 1 aromatic carbocycles. The molecule has 0 atom stereocenters. The van der Waals surface area contributed by atoms with Crippen molar-refractivity contribution < 1.29 is 9.53 Å². The fourth-order valence-corrected chi connectivity index (χ4v) is 2.64. The third kappa shape index (κ3) is 4.37. The SMILES string of the molecule is CCCc1[nH]nc(-c2ccccc2OC)c1NC(=O)CC(C)(C)C. The van der Waals surface area contributed by atoms with Gasteiger partial charge in [0, 0.05) is 12.0 Å². The first kappa shape index (κ1) is 18.0. The van der Waals surface area contributed by atoms with Crippen LogP contribution in [0.15, 0.2) is 24.3 Å². The van der Waals surface area contributed by atoms with Crippen LogP contribution in [-0.4, -0.2) is 23.2 Å². The Bertz CT molecular complexity index is 699. The summed E-state index contributed by atoms with van der Waals surface area (Å²) in [6.45, 7) is 8.26. The Kier molecular flexibility index (Phi) is 5.65. The lowest BCUT2D eigenvalue weighted by Crippen LogP contribution is -2.20. The molecule has 1 amide bonds. The van der Waals surface area contributed by atoms with Crippen LogP contribution in [0.1, 0.15) is 46.2 Å². The van der Waals surface area contributed by atoms with E-state index >= 15 is 0 Å². The Morgan fingerprint density at radius 2 is 2.00 bits per heavy atom. The fraction of sp³-hybridized carbons (Fsp3) is 0.474. The molecule has 24 heavy (non-hydrogen) atoms. The number of aromatic nitrogens is 2. The van der Waals surface area contributed by atoms with Crippen molar-refractivity contribution in [2.24, 2.45) is 5.41 Å². The summed E-state index contributed by atoms with van der Waals surface area (Å²) < 4.78 is 5.44. The number of H-pyrrole nitrogens is 1. The van der Waals surface area contributed by atoms with Gasteiger partial charge in [-0.2, -0.15) is 5.10 Å². The number of hydrogen-bond acceptors (Lipinski definition) is 3. The maximum atomic E-state index is 12.4. The van der Waals surface area contributed by atoms with Crippen LogP contribution in [0, 0.1) is 5.41 Å². The van der Waals surface area contributed by atoms with Crippen LogP contribution in [0.2, 0.25) is 0 Å². The lowest BCUT2D eigenvalue weighted by atomic mass is 9.92. The lowest BCUT2D eigenvalue weighted by molar-refractivity contribution is -0.117. The number of hydrogen-bond donors (Lipinski definition) is 2. The summed E-state index contributed by atoms with van der Waals surface area (Å²) in [6.07, 6.45) is 2.25. The van der Waals surface area contributed by atoms with Crippen LogP contribution in [-0.2, 0) is 11.2 Å². The fourth-order valence-electron chi connectivity index (χ4n) is 2.64. The molecule has 5 heteroatoms. The predicted octanol–water partition coefficient (Wildman–Crippen LogP) is 4.41. The van der Waals surface area contributed by atoms with Crippen LogP contribution in [0.5, 0.6) is 5.75 Å². The number of rotatable bonds is 6. The van der Waals surface area contributed by atoms with Crippen molar-refractivity contribution in [3.8, 4) is 17.0 Å². The molecule has 0 aliphatic heterocycles. The van der Waals surface area contributed by atoms with Crippen molar-refractivity contribution in [1.29, 1.82) is 0 Å². The molecule has 0 saturated heterocycles. The van der Waals surface area contributed by atoms with Gasteiger partial charge in [0.1, 0.15) is 11.4 Å². The molecule has 0 aliphatic carbocycles. The van der Waals surface area contributed by atoms with Crippen molar-refractivity contribution in [1.82, 2.24) is 10.2 Å². The molecule has 1 aromatic heterocycles. The molecular formula is C19H27N3O2. The predicted molar refractivity (Wildman–Crippen MR) is 97.3 cm³/mol. The van der Waals surface area contributed by atoms with Gasteiger partial charge in [-0.15, -0.1) is 0 Å². The summed E-state index contributed by atoms with van der Waals surface area (Å²) in [7, 11) is 1.64. The first-order valence-electron chi connectivity index (χ1n) is 8.36. The molecule has 0 radical (unpaired) electrons. The summed E-state index contributed by atoms with van der Waals surface area (Å²) >= 11 is 0. The molecule has 130 valence electrons. The number of amides is 1. The minimum absolute atomic E-state index is 0.00241. The van der Waals surface area contributed by atoms with Crippen LogP contribution < -0.4 is 10.1 Å². The molecule has 0 bridgehead atoms. The normalized spacial score (nSPS) is 11.4. The van der Waals surface area contributed by atoms with Gasteiger partial charge >= 0.3 is 0 Å². The second-order valence-electron chi connectivity index (χ2n) is 7.16. The zero-order valence-corrected chi connectivity index (χ0v) is 15.2. The number of nitrogens with zero attached hydrogens (tertiary/aromatic N) is 1. The van der Waals surface area contributed by atoms with Crippen LogP contribution in [0.4, 0.5) is 5.69 Å². The van der Waals surface area contributed by atoms with E-state index in [4.69, 9.17) is 4.74 Å². The van der Waals surface area contributed by atoms with Crippen LogP contribution in [0.3, 0.4) is 0 Å². The third-order valence-corrected chi connectivity index (χ3v) is 3.66. The van der Waals surface area contributed by atoms with E-state index in [9.17, 15) is 4.79 Å². The number of anilines is 1.